The molecule has 1 aliphatic heterocycles. The molecule has 3 rings (SSSR count). The molecule has 0 aliphatic carbocycles. The molecular weight excluding hydrogens is 328 g/mol. The van der Waals surface area contributed by atoms with Crippen molar-refractivity contribution in [2.24, 2.45) is 5.92 Å². The number of rotatable bonds is 5. The highest BCUT2D eigenvalue weighted by Gasteiger charge is 2.27. The molecule has 24 heavy (non-hydrogen) atoms. The quantitative estimate of drug-likeness (QED) is 0.895. The SMILES string of the molecule is C[C@H](C(=O)Nc1ccc(Cl)cn1)N1CCC[C@@H](Cn2cncn2)C1. The van der Waals surface area contributed by atoms with Crippen LogP contribution in [0.3, 0.4) is 0 Å². The number of carbonyl (C=O) groups is 1. The maximum atomic E-state index is 12.5. The van der Waals surface area contributed by atoms with Crippen molar-refractivity contribution >= 4 is 23.3 Å². The van der Waals surface area contributed by atoms with E-state index in [1.807, 2.05) is 11.6 Å². The predicted molar refractivity (Wildman–Crippen MR) is 91.7 cm³/mol. The van der Waals surface area contributed by atoms with Crippen LogP contribution in [0.4, 0.5) is 5.82 Å². The molecule has 0 saturated carbocycles. The lowest BCUT2D eigenvalue weighted by molar-refractivity contribution is -0.121. The van der Waals surface area contributed by atoms with E-state index < -0.39 is 0 Å². The van der Waals surface area contributed by atoms with Crippen LogP contribution < -0.4 is 5.32 Å². The van der Waals surface area contributed by atoms with E-state index >= 15 is 0 Å². The maximum absolute atomic E-state index is 12.5. The van der Waals surface area contributed by atoms with Crippen LogP contribution >= 0.6 is 11.6 Å². The van der Waals surface area contributed by atoms with Crippen molar-refractivity contribution in [3.63, 3.8) is 0 Å². The molecule has 0 unspecified atom stereocenters. The number of hydrogen-bond acceptors (Lipinski definition) is 5. The fourth-order valence-electron chi connectivity index (χ4n) is 3.04. The van der Waals surface area contributed by atoms with Crippen LogP contribution in [0.5, 0.6) is 0 Å². The van der Waals surface area contributed by atoms with Crippen LogP contribution in [0, 0.1) is 5.92 Å². The van der Waals surface area contributed by atoms with Crippen LogP contribution in [0.1, 0.15) is 19.8 Å². The smallest absolute Gasteiger partial charge is 0.242 e. The van der Waals surface area contributed by atoms with Gasteiger partial charge in [0, 0.05) is 19.3 Å². The molecule has 1 saturated heterocycles. The Morgan fingerprint density at radius 2 is 2.38 bits per heavy atom. The standard InChI is InChI=1S/C16H21ClN6O/c1-12(16(24)21-15-5-4-14(17)7-19-15)22-6-2-3-13(8-22)9-23-11-18-10-20-23/h4-5,7,10-13H,2-3,6,8-9H2,1H3,(H,19,21,24)/t12-,13-/m1/s1. The van der Waals surface area contributed by atoms with Crippen LogP contribution in [0.2, 0.25) is 5.02 Å². The Bertz CT molecular complexity index is 660. The minimum absolute atomic E-state index is 0.0498. The van der Waals surface area contributed by atoms with E-state index in [-0.39, 0.29) is 11.9 Å². The Morgan fingerprint density at radius 1 is 1.50 bits per heavy atom. The summed E-state index contributed by atoms with van der Waals surface area (Å²) in [5.41, 5.74) is 0. The van der Waals surface area contributed by atoms with Crippen LogP contribution in [0.25, 0.3) is 0 Å². The number of aromatic nitrogens is 4. The number of carbonyl (C=O) groups excluding carboxylic acids is 1. The number of anilines is 1. The van der Waals surface area contributed by atoms with Gasteiger partial charge >= 0.3 is 0 Å². The highest BCUT2D eigenvalue weighted by molar-refractivity contribution is 6.30. The third kappa shape index (κ3) is 4.30. The van der Waals surface area contributed by atoms with Gasteiger partial charge in [0.2, 0.25) is 5.91 Å². The Kier molecular flexibility index (Phi) is 5.42. The summed E-state index contributed by atoms with van der Waals surface area (Å²) in [6.07, 6.45) is 7.04. The van der Waals surface area contributed by atoms with Gasteiger partial charge in [0.05, 0.1) is 11.1 Å². The average Bonchev–Trinajstić information content (AvgIpc) is 3.09. The predicted octanol–water partition coefficient (Wildman–Crippen LogP) is 2.07. The average molecular weight is 349 g/mol. The number of hydrogen-bond donors (Lipinski definition) is 1. The fraction of sp³-hybridized carbons (Fsp3) is 0.500. The zero-order chi connectivity index (χ0) is 16.9. The molecule has 1 aliphatic rings. The van der Waals surface area contributed by atoms with Gasteiger partial charge in [-0.3, -0.25) is 14.4 Å². The highest BCUT2D eigenvalue weighted by Crippen LogP contribution is 2.20. The van der Waals surface area contributed by atoms with E-state index in [2.05, 4.69) is 25.3 Å². The van der Waals surface area contributed by atoms with Crippen molar-refractivity contribution in [2.75, 3.05) is 18.4 Å². The van der Waals surface area contributed by atoms with Gasteiger partial charge in [-0.2, -0.15) is 5.10 Å². The van der Waals surface area contributed by atoms with Crippen LogP contribution in [-0.2, 0) is 11.3 Å². The first-order chi connectivity index (χ1) is 11.6. The van der Waals surface area contributed by atoms with Crippen molar-refractivity contribution in [3.8, 4) is 0 Å². The van der Waals surface area contributed by atoms with E-state index in [9.17, 15) is 4.79 Å². The van der Waals surface area contributed by atoms with Gasteiger partial charge in [0.15, 0.2) is 0 Å². The molecule has 1 amide bonds. The minimum Gasteiger partial charge on any atom is -0.309 e. The Hall–Kier alpha value is -1.99. The fourth-order valence-corrected chi connectivity index (χ4v) is 3.15. The second kappa shape index (κ2) is 7.72. The molecule has 0 spiro atoms. The summed E-state index contributed by atoms with van der Waals surface area (Å²) in [5.74, 6) is 0.947. The van der Waals surface area contributed by atoms with Gasteiger partial charge in [0.25, 0.3) is 0 Å². The second-order valence-electron chi connectivity index (χ2n) is 6.15. The second-order valence-corrected chi connectivity index (χ2v) is 6.58. The molecule has 1 N–H and O–H groups in total. The highest BCUT2D eigenvalue weighted by atomic mass is 35.5. The maximum Gasteiger partial charge on any atom is 0.242 e. The third-order valence-electron chi connectivity index (χ3n) is 4.37. The Morgan fingerprint density at radius 3 is 3.08 bits per heavy atom. The molecule has 8 heteroatoms. The molecule has 7 nitrogen and oxygen atoms in total. The normalized spacial score (nSPS) is 19.8. The molecule has 3 heterocycles. The van der Waals surface area contributed by atoms with Gasteiger partial charge in [-0.05, 0) is 44.4 Å². The molecular formula is C16H21ClN6O. The number of piperidine rings is 1. The summed E-state index contributed by atoms with van der Waals surface area (Å²) in [6, 6.07) is 3.21. The third-order valence-corrected chi connectivity index (χ3v) is 4.59. The largest absolute Gasteiger partial charge is 0.309 e. The zero-order valence-electron chi connectivity index (χ0n) is 13.6. The lowest BCUT2D eigenvalue weighted by Gasteiger charge is -2.35. The topological polar surface area (TPSA) is 75.9 Å². The molecule has 0 bridgehead atoms. The summed E-state index contributed by atoms with van der Waals surface area (Å²) in [6.45, 7) is 4.58. The van der Waals surface area contributed by atoms with E-state index in [4.69, 9.17) is 11.6 Å². The lowest BCUT2D eigenvalue weighted by atomic mass is 9.96. The van der Waals surface area contributed by atoms with Gasteiger partial charge in [-0.25, -0.2) is 9.97 Å². The number of nitrogens with zero attached hydrogens (tertiary/aromatic N) is 5. The van der Waals surface area contributed by atoms with Crippen molar-refractivity contribution in [3.05, 3.63) is 36.0 Å². The van der Waals surface area contributed by atoms with Crippen LogP contribution in [0.15, 0.2) is 31.0 Å². The van der Waals surface area contributed by atoms with E-state index in [0.29, 0.717) is 16.8 Å². The first-order valence-electron chi connectivity index (χ1n) is 8.10. The van der Waals surface area contributed by atoms with Crippen molar-refractivity contribution in [2.45, 2.75) is 32.4 Å². The number of likely N-dealkylation sites (tertiary alicyclic amines) is 1. The summed E-state index contributed by atoms with van der Waals surface area (Å²) >= 11 is 5.81. The first-order valence-corrected chi connectivity index (χ1v) is 8.48. The van der Waals surface area contributed by atoms with E-state index in [1.54, 1.807) is 24.8 Å². The molecule has 2 atom stereocenters. The first kappa shape index (κ1) is 16.9. The molecule has 0 aromatic carbocycles. The minimum atomic E-state index is -0.207. The zero-order valence-corrected chi connectivity index (χ0v) is 14.4. The molecule has 1 fully saturated rings. The summed E-state index contributed by atoms with van der Waals surface area (Å²) in [5, 5.41) is 7.56. The summed E-state index contributed by atoms with van der Waals surface area (Å²) < 4.78 is 1.86. The molecule has 2 aromatic heterocycles. The van der Waals surface area contributed by atoms with Gasteiger partial charge in [0.1, 0.15) is 18.5 Å². The Labute approximate surface area is 146 Å². The van der Waals surface area contributed by atoms with Gasteiger partial charge < -0.3 is 5.32 Å². The molecule has 128 valence electrons. The van der Waals surface area contributed by atoms with Crippen molar-refractivity contribution < 1.29 is 4.79 Å². The lowest BCUT2D eigenvalue weighted by Crippen LogP contribution is -2.47. The number of amides is 1. The summed E-state index contributed by atoms with van der Waals surface area (Å²) in [4.78, 5) is 22.8. The number of halogens is 1. The van der Waals surface area contributed by atoms with Gasteiger partial charge in [-0.15, -0.1) is 0 Å². The molecule has 0 radical (unpaired) electrons. The summed E-state index contributed by atoms with van der Waals surface area (Å²) in [7, 11) is 0. The monoisotopic (exact) mass is 348 g/mol. The van der Waals surface area contributed by atoms with Crippen molar-refractivity contribution in [1.82, 2.24) is 24.6 Å². The van der Waals surface area contributed by atoms with Gasteiger partial charge in [-0.1, -0.05) is 11.6 Å². The number of nitrogens with one attached hydrogen (secondary N) is 1. The van der Waals surface area contributed by atoms with Crippen LogP contribution in [-0.4, -0.2) is 49.7 Å². The number of pyridine rings is 1. The van der Waals surface area contributed by atoms with Crippen molar-refractivity contribution in [1.29, 1.82) is 0 Å². The van der Waals surface area contributed by atoms with E-state index in [0.717, 1.165) is 32.5 Å². The molecule has 2 aromatic rings. The van der Waals surface area contributed by atoms with E-state index in [1.165, 1.54) is 6.20 Å². The Balaban J connectivity index is 1.56.